The summed E-state index contributed by atoms with van der Waals surface area (Å²) in [4.78, 5) is 36.0. The summed E-state index contributed by atoms with van der Waals surface area (Å²) in [5.41, 5.74) is 1.40. The summed E-state index contributed by atoms with van der Waals surface area (Å²) in [7, 11) is 0. The van der Waals surface area contributed by atoms with Gasteiger partial charge in [-0.05, 0) is 13.3 Å². The van der Waals surface area contributed by atoms with Gasteiger partial charge in [-0.25, -0.2) is 9.97 Å². The molecule has 1 saturated heterocycles. The zero-order valence-electron chi connectivity index (χ0n) is 16.9. The maximum Gasteiger partial charge on any atom is 0.270 e. The third-order valence-electron chi connectivity index (χ3n) is 4.82. The SMILES string of the molecule is C#CCNC(=O)CN1CCCN(c2cc(C)nc(-c3cccc([N+](=O)[O-])c3)n2)CC1. The van der Waals surface area contributed by atoms with Gasteiger partial charge in [-0.15, -0.1) is 6.42 Å². The number of terminal acetylenes is 1. The number of carbonyl (C=O) groups excluding carboxylic acids is 1. The van der Waals surface area contributed by atoms with Gasteiger partial charge in [0.05, 0.1) is 18.0 Å². The third-order valence-corrected chi connectivity index (χ3v) is 4.82. The molecule has 1 aliphatic heterocycles. The number of aromatic nitrogens is 2. The molecular weight excluding hydrogens is 384 g/mol. The van der Waals surface area contributed by atoms with Gasteiger partial charge in [0.2, 0.25) is 5.91 Å². The van der Waals surface area contributed by atoms with E-state index in [4.69, 9.17) is 6.42 Å². The topological polar surface area (TPSA) is 105 Å². The highest BCUT2D eigenvalue weighted by Crippen LogP contribution is 2.24. The van der Waals surface area contributed by atoms with Crippen LogP contribution in [0.2, 0.25) is 0 Å². The normalized spacial score (nSPS) is 14.6. The van der Waals surface area contributed by atoms with Crippen LogP contribution >= 0.6 is 0 Å². The Morgan fingerprint density at radius 3 is 2.87 bits per heavy atom. The van der Waals surface area contributed by atoms with Crippen LogP contribution in [0.1, 0.15) is 12.1 Å². The molecule has 0 unspecified atom stereocenters. The van der Waals surface area contributed by atoms with E-state index in [-0.39, 0.29) is 18.1 Å². The van der Waals surface area contributed by atoms with Crippen molar-refractivity contribution in [3.8, 4) is 23.7 Å². The van der Waals surface area contributed by atoms with Crippen LogP contribution in [0.3, 0.4) is 0 Å². The Morgan fingerprint density at radius 1 is 1.27 bits per heavy atom. The van der Waals surface area contributed by atoms with E-state index < -0.39 is 4.92 Å². The Morgan fingerprint density at radius 2 is 2.10 bits per heavy atom. The number of anilines is 1. The molecule has 1 amide bonds. The molecule has 156 valence electrons. The van der Waals surface area contributed by atoms with E-state index in [2.05, 4.69) is 31.0 Å². The first-order chi connectivity index (χ1) is 14.5. The Hall–Kier alpha value is -3.51. The molecule has 0 saturated carbocycles. The van der Waals surface area contributed by atoms with Gasteiger partial charge < -0.3 is 10.2 Å². The molecule has 1 aromatic heterocycles. The second-order valence-corrected chi connectivity index (χ2v) is 7.10. The van der Waals surface area contributed by atoms with E-state index in [0.29, 0.717) is 24.5 Å². The molecule has 3 rings (SSSR count). The molecule has 0 aliphatic carbocycles. The lowest BCUT2D eigenvalue weighted by molar-refractivity contribution is -0.384. The molecule has 9 nitrogen and oxygen atoms in total. The molecular formula is C21H24N6O3. The zero-order chi connectivity index (χ0) is 21.5. The van der Waals surface area contributed by atoms with Crippen molar-refractivity contribution >= 4 is 17.4 Å². The second kappa shape index (κ2) is 9.80. The van der Waals surface area contributed by atoms with Gasteiger partial charge in [0, 0.05) is 55.6 Å². The van der Waals surface area contributed by atoms with E-state index >= 15 is 0 Å². The quantitative estimate of drug-likeness (QED) is 0.440. The molecule has 9 heteroatoms. The summed E-state index contributed by atoms with van der Waals surface area (Å²) in [6.45, 7) is 5.48. The first kappa shape index (κ1) is 21.2. The summed E-state index contributed by atoms with van der Waals surface area (Å²) >= 11 is 0. The largest absolute Gasteiger partial charge is 0.355 e. The number of non-ortho nitro benzene ring substituents is 1. The Kier molecular flexibility index (Phi) is 6.93. The summed E-state index contributed by atoms with van der Waals surface area (Å²) in [5.74, 6) is 3.57. The maximum atomic E-state index is 11.9. The lowest BCUT2D eigenvalue weighted by atomic mass is 10.2. The number of nitrogens with one attached hydrogen (secondary N) is 1. The standard InChI is InChI=1S/C21H24N6O3/c1-3-8-22-20(28)15-25-9-5-10-26(12-11-25)19-13-16(2)23-21(24-19)17-6-4-7-18(14-17)27(29)30/h1,4,6-7,13-14H,5,8-12,15H2,2H3,(H,22,28). The van der Waals surface area contributed by atoms with E-state index in [9.17, 15) is 14.9 Å². The summed E-state index contributed by atoms with van der Waals surface area (Å²) < 4.78 is 0. The van der Waals surface area contributed by atoms with E-state index in [1.807, 2.05) is 13.0 Å². The smallest absolute Gasteiger partial charge is 0.270 e. The highest BCUT2D eigenvalue weighted by molar-refractivity contribution is 5.78. The average Bonchev–Trinajstić information content (AvgIpc) is 2.97. The highest BCUT2D eigenvalue weighted by atomic mass is 16.6. The lowest BCUT2D eigenvalue weighted by Gasteiger charge is -2.23. The molecule has 1 fully saturated rings. The van der Waals surface area contributed by atoms with E-state index in [0.717, 1.165) is 37.6 Å². The summed E-state index contributed by atoms with van der Waals surface area (Å²) in [6.07, 6.45) is 6.06. The van der Waals surface area contributed by atoms with Crippen molar-refractivity contribution < 1.29 is 9.72 Å². The van der Waals surface area contributed by atoms with Crippen LogP contribution in [-0.2, 0) is 4.79 Å². The van der Waals surface area contributed by atoms with Crippen molar-refractivity contribution in [1.82, 2.24) is 20.2 Å². The molecule has 1 aromatic carbocycles. The molecule has 0 bridgehead atoms. The summed E-state index contributed by atoms with van der Waals surface area (Å²) in [6, 6.07) is 8.25. The number of benzene rings is 1. The molecule has 0 atom stereocenters. The van der Waals surface area contributed by atoms with Crippen LogP contribution < -0.4 is 10.2 Å². The molecule has 2 heterocycles. The highest BCUT2D eigenvalue weighted by Gasteiger charge is 2.19. The summed E-state index contributed by atoms with van der Waals surface area (Å²) in [5, 5.41) is 13.8. The van der Waals surface area contributed by atoms with Gasteiger partial charge in [0.15, 0.2) is 5.82 Å². The van der Waals surface area contributed by atoms with Crippen LogP contribution in [0.5, 0.6) is 0 Å². The first-order valence-corrected chi connectivity index (χ1v) is 9.74. The number of hydrogen-bond acceptors (Lipinski definition) is 7. The monoisotopic (exact) mass is 408 g/mol. The van der Waals surface area contributed by atoms with Crippen molar-refractivity contribution in [2.24, 2.45) is 0 Å². The number of amides is 1. The van der Waals surface area contributed by atoms with Crippen LogP contribution in [0.4, 0.5) is 11.5 Å². The van der Waals surface area contributed by atoms with Crippen molar-refractivity contribution in [1.29, 1.82) is 0 Å². The Balaban J connectivity index is 1.74. The molecule has 0 spiro atoms. The Labute approximate surface area is 175 Å². The fourth-order valence-corrected chi connectivity index (χ4v) is 3.37. The van der Waals surface area contributed by atoms with Crippen LogP contribution in [0.25, 0.3) is 11.4 Å². The fourth-order valence-electron chi connectivity index (χ4n) is 3.37. The van der Waals surface area contributed by atoms with Crippen molar-refractivity contribution in [3.05, 3.63) is 46.1 Å². The van der Waals surface area contributed by atoms with Crippen molar-refractivity contribution in [2.75, 3.05) is 44.2 Å². The van der Waals surface area contributed by atoms with E-state index in [1.54, 1.807) is 12.1 Å². The molecule has 0 radical (unpaired) electrons. The molecule has 1 aliphatic rings. The number of nitro benzene ring substituents is 1. The number of nitro groups is 1. The second-order valence-electron chi connectivity index (χ2n) is 7.10. The van der Waals surface area contributed by atoms with Gasteiger partial charge >= 0.3 is 0 Å². The fraction of sp³-hybridized carbons (Fsp3) is 0.381. The zero-order valence-corrected chi connectivity index (χ0v) is 16.9. The van der Waals surface area contributed by atoms with Crippen molar-refractivity contribution in [3.63, 3.8) is 0 Å². The first-order valence-electron chi connectivity index (χ1n) is 9.74. The maximum absolute atomic E-state index is 11.9. The number of carbonyl (C=O) groups is 1. The molecule has 2 aromatic rings. The Bertz CT molecular complexity index is 971. The van der Waals surface area contributed by atoms with Gasteiger partial charge in [-0.2, -0.15) is 0 Å². The minimum atomic E-state index is -0.427. The third kappa shape index (κ3) is 5.52. The number of aryl methyl sites for hydroxylation is 1. The van der Waals surface area contributed by atoms with Crippen LogP contribution in [0.15, 0.2) is 30.3 Å². The average molecular weight is 408 g/mol. The van der Waals surface area contributed by atoms with Gasteiger partial charge in [-0.3, -0.25) is 19.8 Å². The predicted molar refractivity (Wildman–Crippen MR) is 114 cm³/mol. The number of hydrogen-bond donors (Lipinski definition) is 1. The van der Waals surface area contributed by atoms with Gasteiger partial charge in [-0.1, -0.05) is 18.1 Å². The predicted octanol–water partition coefficient (Wildman–Crippen LogP) is 1.62. The number of rotatable bonds is 6. The van der Waals surface area contributed by atoms with Gasteiger partial charge in [0.25, 0.3) is 5.69 Å². The van der Waals surface area contributed by atoms with Gasteiger partial charge in [0.1, 0.15) is 5.82 Å². The molecule has 30 heavy (non-hydrogen) atoms. The minimum absolute atomic E-state index is 0.00711. The minimum Gasteiger partial charge on any atom is -0.355 e. The van der Waals surface area contributed by atoms with E-state index in [1.165, 1.54) is 12.1 Å². The lowest BCUT2D eigenvalue weighted by Crippen LogP contribution is -2.39. The van der Waals surface area contributed by atoms with Crippen LogP contribution in [-0.4, -0.2) is 65.0 Å². The van der Waals surface area contributed by atoms with Crippen LogP contribution in [0, 0.1) is 29.4 Å². The molecule has 1 N–H and O–H groups in total. The van der Waals surface area contributed by atoms with Crippen molar-refractivity contribution in [2.45, 2.75) is 13.3 Å². The number of nitrogens with zero attached hydrogens (tertiary/aromatic N) is 5.